The van der Waals surface area contributed by atoms with Gasteiger partial charge < -0.3 is 9.30 Å². The van der Waals surface area contributed by atoms with Crippen LogP contribution in [0.25, 0.3) is 10.9 Å². The average Bonchev–Trinajstić information content (AvgIpc) is 2.98. The molecule has 1 aromatic heterocycles. The number of likely N-dealkylation sites (tertiary alicyclic amines) is 1. The molecule has 0 aliphatic carbocycles. The van der Waals surface area contributed by atoms with Crippen LogP contribution in [0.5, 0.6) is 5.75 Å². The maximum Gasteiger partial charge on any atom is 0.179 e. The molecule has 0 amide bonds. The van der Waals surface area contributed by atoms with Crippen LogP contribution in [0.1, 0.15) is 41.9 Å². The van der Waals surface area contributed by atoms with E-state index < -0.39 is 0 Å². The largest absolute Gasteiger partial charge is 0.497 e. The fourth-order valence-electron chi connectivity index (χ4n) is 5.11. The number of rotatable bonds is 6. The number of piperidine rings is 1. The number of benzene rings is 2. The number of nitrogens with zero attached hydrogens (tertiary/aromatic N) is 2. The number of hydrogen-bond donors (Lipinski definition) is 0. The summed E-state index contributed by atoms with van der Waals surface area (Å²) in [7, 11) is 1.67. The Kier molecular flexibility index (Phi) is 5.96. The van der Waals surface area contributed by atoms with Crippen LogP contribution < -0.4 is 4.74 Å². The van der Waals surface area contributed by atoms with Crippen LogP contribution in [0.15, 0.2) is 48.5 Å². The lowest BCUT2D eigenvalue weighted by atomic mass is 9.91. The Morgan fingerprint density at radius 1 is 1.07 bits per heavy atom. The average molecular weight is 405 g/mol. The quantitative estimate of drug-likeness (QED) is 0.532. The van der Waals surface area contributed by atoms with Crippen molar-refractivity contribution in [2.24, 2.45) is 11.8 Å². The van der Waals surface area contributed by atoms with E-state index in [1.165, 1.54) is 12.0 Å². The second-order valence-corrected chi connectivity index (χ2v) is 8.98. The lowest BCUT2D eigenvalue weighted by Gasteiger charge is -2.34. The standard InChI is InChI=1S/C26H32N2O2/c1-18-12-19(2)15-27(14-18)17-25(29)26-20(3)28(16-21-8-6-5-7-9-21)24-11-10-22(30-4)13-23(24)26/h5-11,13,18-19H,12,14-17H2,1-4H3. The van der Waals surface area contributed by atoms with Gasteiger partial charge in [0.05, 0.1) is 13.7 Å². The van der Waals surface area contributed by atoms with E-state index in [9.17, 15) is 4.79 Å². The van der Waals surface area contributed by atoms with Gasteiger partial charge in [-0.25, -0.2) is 0 Å². The molecule has 2 atom stereocenters. The van der Waals surface area contributed by atoms with Gasteiger partial charge >= 0.3 is 0 Å². The lowest BCUT2D eigenvalue weighted by Crippen LogP contribution is -2.41. The van der Waals surface area contributed by atoms with Crippen LogP contribution in [0.4, 0.5) is 0 Å². The van der Waals surface area contributed by atoms with Crippen LogP contribution >= 0.6 is 0 Å². The van der Waals surface area contributed by atoms with Crippen molar-refractivity contribution in [3.63, 3.8) is 0 Å². The molecular formula is C26H32N2O2. The molecule has 4 rings (SSSR count). The summed E-state index contributed by atoms with van der Waals surface area (Å²) in [6.07, 6.45) is 1.25. The van der Waals surface area contributed by atoms with Gasteiger partial charge in [0.25, 0.3) is 0 Å². The van der Waals surface area contributed by atoms with E-state index in [4.69, 9.17) is 4.74 Å². The topological polar surface area (TPSA) is 34.5 Å². The van der Waals surface area contributed by atoms with Gasteiger partial charge in [-0.3, -0.25) is 9.69 Å². The van der Waals surface area contributed by atoms with E-state index in [-0.39, 0.29) is 5.78 Å². The number of hydrogen-bond acceptors (Lipinski definition) is 3. The zero-order valence-corrected chi connectivity index (χ0v) is 18.5. The summed E-state index contributed by atoms with van der Waals surface area (Å²) in [5.74, 6) is 2.27. The summed E-state index contributed by atoms with van der Waals surface area (Å²) < 4.78 is 7.73. The molecule has 1 fully saturated rings. The van der Waals surface area contributed by atoms with Gasteiger partial charge in [-0.2, -0.15) is 0 Å². The smallest absolute Gasteiger partial charge is 0.179 e. The minimum atomic E-state index is 0.207. The highest BCUT2D eigenvalue weighted by atomic mass is 16.5. The van der Waals surface area contributed by atoms with Crippen molar-refractivity contribution in [1.82, 2.24) is 9.47 Å². The zero-order valence-electron chi connectivity index (χ0n) is 18.5. The van der Waals surface area contributed by atoms with Crippen molar-refractivity contribution >= 4 is 16.7 Å². The molecule has 0 bridgehead atoms. The van der Waals surface area contributed by atoms with Gasteiger partial charge in [0.1, 0.15) is 5.75 Å². The maximum atomic E-state index is 13.5. The van der Waals surface area contributed by atoms with Crippen molar-refractivity contribution in [2.75, 3.05) is 26.7 Å². The number of methoxy groups -OCH3 is 1. The Morgan fingerprint density at radius 2 is 1.77 bits per heavy atom. The molecule has 0 saturated carbocycles. The molecule has 1 saturated heterocycles. The van der Waals surface area contributed by atoms with Crippen LogP contribution in [0.3, 0.4) is 0 Å². The Bertz CT molecular complexity index is 1030. The van der Waals surface area contributed by atoms with E-state index >= 15 is 0 Å². The second kappa shape index (κ2) is 8.65. The fourth-order valence-corrected chi connectivity index (χ4v) is 5.11. The Labute approximate surface area is 179 Å². The third-order valence-electron chi connectivity index (χ3n) is 6.30. The highest BCUT2D eigenvalue weighted by molar-refractivity contribution is 6.10. The number of ether oxygens (including phenoxy) is 1. The number of ketones is 1. The Hall–Kier alpha value is -2.59. The number of Topliss-reactive ketones (excluding diaryl/α,β-unsaturated/α-hetero) is 1. The first-order valence-electron chi connectivity index (χ1n) is 10.9. The predicted molar refractivity (Wildman–Crippen MR) is 122 cm³/mol. The molecule has 0 spiro atoms. The van der Waals surface area contributed by atoms with Gasteiger partial charge in [0, 0.05) is 41.8 Å². The molecule has 1 aliphatic rings. The van der Waals surface area contributed by atoms with Gasteiger partial charge in [-0.15, -0.1) is 0 Å². The molecule has 2 unspecified atom stereocenters. The third kappa shape index (κ3) is 4.15. The van der Waals surface area contributed by atoms with Gasteiger partial charge in [-0.1, -0.05) is 44.2 Å². The summed E-state index contributed by atoms with van der Waals surface area (Å²) >= 11 is 0. The molecule has 3 aromatic rings. The first-order chi connectivity index (χ1) is 14.5. The molecule has 4 nitrogen and oxygen atoms in total. The summed E-state index contributed by atoms with van der Waals surface area (Å²) in [6.45, 7) is 9.88. The fraction of sp³-hybridized carbons (Fsp3) is 0.423. The SMILES string of the molecule is COc1ccc2c(c1)c(C(=O)CN1CC(C)CC(C)C1)c(C)n2Cc1ccccc1. The summed E-state index contributed by atoms with van der Waals surface area (Å²) in [5.41, 5.74) is 4.18. The van der Waals surface area contributed by atoms with Gasteiger partial charge in [0.15, 0.2) is 5.78 Å². The van der Waals surface area contributed by atoms with Crippen LogP contribution in [-0.4, -0.2) is 42.0 Å². The highest BCUT2D eigenvalue weighted by Gasteiger charge is 2.26. The molecule has 158 valence electrons. The summed E-state index contributed by atoms with van der Waals surface area (Å²) in [4.78, 5) is 15.9. The van der Waals surface area contributed by atoms with E-state index in [1.807, 2.05) is 18.2 Å². The monoisotopic (exact) mass is 404 g/mol. The Balaban J connectivity index is 1.72. The minimum absolute atomic E-state index is 0.207. The molecule has 0 radical (unpaired) electrons. The van der Waals surface area contributed by atoms with Crippen LogP contribution in [-0.2, 0) is 6.54 Å². The van der Waals surface area contributed by atoms with Crippen molar-refractivity contribution in [3.05, 3.63) is 65.4 Å². The minimum Gasteiger partial charge on any atom is -0.497 e. The molecule has 2 aromatic carbocycles. The molecular weight excluding hydrogens is 372 g/mol. The lowest BCUT2D eigenvalue weighted by molar-refractivity contribution is 0.0850. The predicted octanol–water partition coefficient (Wildman–Crippen LogP) is 5.17. The number of fused-ring (bicyclic) bond motifs is 1. The van der Waals surface area contributed by atoms with Gasteiger partial charge in [0.2, 0.25) is 0 Å². The molecule has 1 aliphatic heterocycles. The van der Waals surface area contributed by atoms with Crippen molar-refractivity contribution in [3.8, 4) is 5.75 Å². The number of carbonyl (C=O) groups is 1. The highest BCUT2D eigenvalue weighted by Crippen LogP contribution is 2.31. The summed E-state index contributed by atoms with van der Waals surface area (Å²) in [6, 6.07) is 16.5. The normalized spacial score (nSPS) is 19.9. The van der Waals surface area contributed by atoms with Crippen molar-refractivity contribution in [1.29, 1.82) is 0 Å². The van der Waals surface area contributed by atoms with Gasteiger partial charge in [-0.05, 0) is 48.9 Å². The second-order valence-electron chi connectivity index (χ2n) is 8.98. The van der Waals surface area contributed by atoms with Crippen LogP contribution in [0.2, 0.25) is 0 Å². The molecule has 2 heterocycles. The van der Waals surface area contributed by atoms with Crippen molar-refractivity contribution < 1.29 is 9.53 Å². The third-order valence-corrected chi connectivity index (χ3v) is 6.30. The summed E-state index contributed by atoms with van der Waals surface area (Å²) in [5, 5.41) is 0.992. The number of carbonyl (C=O) groups excluding carboxylic acids is 1. The molecule has 30 heavy (non-hydrogen) atoms. The first-order valence-corrected chi connectivity index (χ1v) is 10.9. The van der Waals surface area contributed by atoms with E-state index in [1.54, 1.807) is 7.11 Å². The number of aromatic nitrogens is 1. The Morgan fingerprint density at radius 3 is 2.43 bits per heavy atom. The zero-order chi connectivity index (χ0) is 21.3. The van der Waals surface area contributed by atoms with E-state index in [0.717, 1.165) is 47.5 Å². The first kappa shape index (κ1) is 20.7. The van der Waals surface area contributed by atoms with E-state index in [2.05, 4.69) is 60.6 Å². The van der Waals surface area contributed by atoms with Crippen LogP contribution in [0, 0.1) is 18.8 Å². The molecule has 0 N–H and O–H groups in total. The maximum absolute atomic E-state index is 13.5. The van der Waals surface area contributed by atoms with Crippen molar-refractivity contribution in [2.45, 2.75) is 33.7 Å². The molecule has 4 heteroatoms. The van der Waals surface area contributed by atoms with E-state index in [0.29, 0.717) is 18.4 Å².